The number of hydrogen-bond donors (Lipinski definition) is 1. The molecule has 1 aliphatic rings. The van der Waals surface area contributed by atoms with Crippen molar-refractivity contribution in [1.29, 1.82) is 0 Å². The minimum Gasteiger partial charge on any atom is -0.445 e. The molecule has 17 heavy (non-hydrogen) atoms. The molecule has 1 aliphatic carbocycles. The fourth-order valence-electron chi connectivity index (χ4n) is 1.99. The lowest BCUT2D eigenvalue weighted by Crippen LogP contribution is -2.33. The topological polar surface area (TPSA) is 38.3 Å². The first kappa shape index (κ1) is 11.9. The molecule has 0 heterocycles. The third-order valence-corrected chi connectivity index (χ3v) is 2.90. The van der Waals surface area contributed by atoms with Crippen molar-refractivity contribution in [2.24, 2.45) is 0 Å². The molecule has 1 aromatic carbocycles. The summed E-state index contributed by atoms with van der Waals surface area (Å²) in [7, 11) is 0. The van der Waals surface area contributed by atoms with Crippen molar-refractivity contribution in [3.05, 3.63) is 35.9 Å². The summed E-state index contributed by atoms with van der Waals surface area (Å²) in [4.78, 5) is 11.4. The van der Waals surface area contributed by atoms with Crippen LogP contribution in [0, 0.1) is 0 Å². The van der Waals surface area contributed by atoms with Crippen LogP contribution in [0.3, 0.4) is 0 Å². The Morgan fingerprint density at radius 3 is 2.76 bits per heavy atom. The highest BCUT2D eigenvalue weighted by Gasteiger charge is 2.25. The monoisotopic (exact) mass is 237 g/mol. The number of halogens is 1. The average molecular weight is 237 g/mol. The van der Waals surface area contributed by atoms with Crippen molar-refractivity contribution < 1.29 is 13.9 Å². The maximum atomic E-state index is 12.9. The second kappa shape index (κ2) is 5.66. The highest BCUT2D eigenvalue weighted by atomic mass is 19.1. The van der Waals surface area contributed by atoms with E-state index in [1.54, 1.807) is 0 Å². The van der Waals surface area contributed by atoms with Gasteiger partial charge in [0.2, 0.25) is 0 Å². The van der Waals surface area contributed by atoms with E-state index in [1.807, 2.05) is 30.3 Å². The quantitative estimate of drug-likeness (QED) is 0.877. The number of benzene rings is 1. The van der Waals surface area contributed by atoms with Gasteiger partial charge < -0.3 is 10.1 Å². The Balaban J connectivity index is 1.71. The van der Waals surface area contributed by atoms with E-state index >= 15 is 0 Å². The molecule has 1 N–H and O–H groups in total. The molecular formula is C13H16FNO2. The Bertz CT molecular complexity index is 369. The summed E-state index contributed by atoms with van der Waals surface area (Å²) < 4.78 is 17.9. The summed E-state index contributed by atoms with van der Waals surface area (Å²) in [6.45, 7) is 0.248. The second-order valence-electron chi connectivity index (χ2n) is 4.31. The molecule has 0 aliphatic heterocycles. The van der Waals surface area contributed by atoms with Crippen LogP contribution in [0.1, 0.15) is 24.8 Å². The number of amides is 1. The number of rotatable bonds is 3. The second-order valence-corrected chi connectivity index (χ2v) is 4.31. The first-order valence-corrected chi connectivity index (χ1v) is 5.85. The summed E-state index contributed by atoms with van der Waals surface area (Å²) in [6.07, 6.45) is 0.383. The molecule has 92 valence electrons. The zero-order valence-electron chi connectivity index (χ0n) is 9.56. The van der Waals surface area contributed by atoms with Crippen molar-refractivity contribution in [3.8, 4) is 0 Å². The first-order chi connectivity index (χ1) is 8.24. The predicted octanol–water partition coefficient (Wildman–Crippen LogP) is 2.80. The highest BCUT2D eigenvalue weighted by Crippen LogP contribution is 2.21. The Morgan fingerprint density at radius 2 is 2.12 bits per heavy atom. The van der Waals surface area contributed by atoms with E-state index in [-0.39, 0.29) is 12.6 Å². The molecule has 2 rings (SSSR count). The Morgan fingerprint density at radius 1 is 1.35 bits per heavy atom. The van der Waals surface area contributed by atoms with Gasteiger partial charge in [0, 0.05) is 6.04 Å². The Labute approximate surface area is 100.0 Å². The van der Waals surface area contributed by atoms with Gasteiger partial charge in [-0.2, -0.15) is 0 Å². The molecule has 0 saturated heterocycles. The molecule has 1 amide bonds. The summed E-state index contributed by atoms with van der Waals surface area (Å²) in [6, 6.07) is 9.39. The van der Waals surface area contributed by atoms with Gasteiger partial charge >= 0.3 is 6.09 Å². The molecule has 4 heteroatoms. The van der Waals surface area contributed by atoms with Crippen molar-refractivity contribution >= 4 is 6.09 Å². The Kier molecular flexibility index (Phi) is 3.96. The lowest BCUT2D eigenvalue weighted by molar-refractivity contribution is 0.135. The maximum Gasteiger partial charge on any atom is 0.407 e. The third kappa shape index (κ3) is 3.73. The van der Waals surface area contributed by atoms with Crippen molar-refractivity contribution in [2.45, 2.75) is 38.1 Å². The van der Waals surface area contributed by atoms with Crippen molar-refractivity contribution in [2.75, 3.05) is 0 Å². The van der Waals surface area contributed by atoms with E-state index in [2.05, 4.69) is 5.32 Å². The number of carbonyl (C=O) groups is 1. The first-order valence-electron chi connectivity index (χ1n) is 5.85. The zero-order valence-corrected chi connectivity index (χ0v) is 9.56. The van der Waals surface area contributed by atoms with Crippen LogP contribution >= 0.6 is 0 Å². The van der Waals surface area contributed by atoms with Crippen LogP contribution in [0.15, 0.2) is 30.3 Å². The van der Waals surface area contributed by atoms with Gasteiger partial charge in [0.1, 0.15) is 12.8 Å². The molecule has 2 unspecified atom stereocenters. The lowest BCUT2D eigenvalue weighted by Gasteiger charge is -2.12. The summed E-state index contributed by atoms with van der Waals surface area (Å²) >= 11 is 0. The molecule has 1 fully saturated rings. The van der Waals surface area contributed by atoms with Gasteiger partial charge in [-0.1, -0.05) is 30.3 Å². The normalized spacial score (nSPS) is 23.4. The number of hydrogen-bond acceptors (Lipinski definition) is 2. The maximum absolute atomic E-state index is 12.9. The fourth-order valence-corrected chi connectivity index (χ4v) is 1.99. The molecule has 0 radical (unpaired) electrons. The zero-order chi connectivity index (χ0) is 12.1. The van der Waals surface area contributed by atoms with Crippen LogP contribution in [0.5, 0.6) is 0 Å². The van der Waals surface area contributed by atoms with E-state index < -0.39 is 12.3 Å². The minimum atomic E-state index is -0.783. The smallest absolute Gasteiger partial charge is 0.407 e. The van der Waals surface area contributed by atoms with Gasteiger partial charge in [0.25, 0.3) is 0 Å². The number of alkyl halides is 1. The lowest BCUT2D eigenvalue weighted by atomic mass is 10.2. The van der Waals surface area contributed by atoms with Crippen molar-refractivity contribution in [1.82, 2.24) is 5.32 Å². The predicted molar refractivity (Wildman–Crippen MR) is 62.3 cm³/mol. The molecule has 0 bridgehead atoms. The van der Waals surface area contributed by atoms with Gasteiger partial charge in [0.05, 0.1) is 0 Å². The van der Waals surface area contributed by atoms with Gasteiger partial charge in [0.15, 0.2) is 0 Å². The number of alkyl carbamates (subject to hydrolysis) is 1. The fraction of sp³-hybridized carbons (Fsp3) is 0.462. The van der Waals surface area contributed by atoms with E-state index in [9.17, 15) is 9.18 Å². The summed E-state index contributed by atoms with van der Waals surface area (Å²) in [5.41, 5.74) is 0.942. The van der Waals surface area contributed by atoms with Crippen molar-refractivity contribution in [3.63, 3.8) is 0 Å². The van der Waals surface area contributed by atoms with Crippen LogP contribution in [0.4, 0.5) is 9.18 Å². The van der Waals surface area contributed by atoms with E-state index in [4.69, 9.17) is 4.74 Å². The molecule has 0 spiro atoms. The largest absolute Gasteiger partial charge is 0.445 e. The molecule has 3 nitrogen and oxygen atoms in total. The van der Waals surface area contributed by atoms with Crippen LogP contribution in [-0.4, -0.2) is 18.3 Å². The van der Waals surface area contributed by atoms with E-state index in [0.29, 0.717) is 19.3 Å². The van der Waals surface area contributed by atoms with Crippen LogP contribution < -0.4 is 5.32 Å². The van der Waals surface area contributed by atoms with E-state index in [1.165, 1.54) is 0 Å². The molecule has 2 atom stereocenters. The molecular weight excluding hydrogens is 221 g/mol. The third-order valence-electron chi connectivity index (χ3n) is 2.90. The van der Waals surface area contributed by atoms with Gasteiger partial charge in [-0.3, -0.25) is 0 Å². The Hall–Kier alpha value is -1.58. The van der Waals surface area contributed by atoms with Crippen LogP contribution in [0.2, 0.25) is 0 Å². The SMILES string of the molecule is O=C(NC1CCC(F)C1)OCc1ccccc1. The molecule has 1 saturated carbocycles. The average Bonchev–Trinajstić information content (AvgIpc) is 2.73. The van der Waals surface area contributed by atoms with Gasteiger partial charge in [-0.25, -0.2) is 9.18 Å². The minimum absolute atomic E-state index is 0.0757. The standard InChI is InChI=1S/C13H16FNO2/c14-11-6-7-12(8-11)15-13(16)17-9-10-4-2-1-3-5-10/h1-5,11-12H,6-9H2,(H,15,16). The number of ether oxygens (including phenoxy) is 1. The van der Waals surface area contributed by atoms with Gasteiger partial charge in [-0.15, -0.1) is 0 Å². The summed E-state index contributed by atoms with van der Waals surface area (Å²) in [5.74, 6) is 0. The van der Waals surface area contributed by atoms with Gasteiger partial charge in [-0.05, 0) is 24.8 Å². The highest BCUT2D eigenvalue weighted by molar-refractivity contribution is 5.67. The molecule has 1 aromatic rings. The number of nitrogens with one attached hydrogen (secondary N) is 1. The van der Waals surface area contributed by atoms with Crippen LogP contribution in [-0.2, 0) is 11.3 Å². The molecule has 0 aromatic heterocycles. The van der Waals surface area contributed by atoms with Crippen LogP contribution in [0.25, 0.3) is 0 Å². The van der Waals surface area contributed by atoms with E-state index in [0.717, 1.165) is 5.56 Å². The summed E-state index contributed by atoms with van der Waals surface area (Å²) in [5, 5.41) is 2.68. The number of carbonyl (C=O) groups excluding carboxylic acids is 1.